The summed E-state index contributed by atoms with van der Waals surface area (Å²) >= 11 is 0. The molecule has 0 aliphatic heterocycles. The van der Waals surface area contributed by atoms with Crippen molar-refractivity contribution in [2.24, 2.45) is 11.8 Å². The Morgan fingerprint density at radius 2 is 1.38 bits per heavy atom. The summed E-state index contributed by atoms with van der Waals surface area (Å²) in [5.74, 6) is 1.68. The molecule has 5 rings (SSSR count). The minimum Gasteiger partial charge on any atom is -0.393 e. The van der Waals surface area contributed by atoms with Crippen LogP contribution in [0.4, 0.5) is 0 Å². The zero-order chi connectivity index (χ0) is 20.3. The minimum atomic E-state index is 0.0224. The fourth-order valence-corrected chi connectivity index (χ4v) is 5.51. The van der Waals surface area contributed by atoms with Gasteiger partial charge >= 0.3 is 0 Å². The molecule has 3 saturated carbocycles. The maximum absolute atomic E-state index is 9.46. The van der Waals surface area contributed by atoms with Crippen molar-refractivity contribution in [1.29, 1.82) is 0 Å². The molecule has 2 aromatic carbocycles. The first kappa shape index (κ1) is 20.6. The van der Waals surface area contributed by atoms with E-state index in [4.69, 9.17) is 5.11 Å². The average Bonchev–Trinajstić information content (AvgIpc) is 3.50. The van der Waals surface area contributed by atoms with Gasteiger partial charge in [0.25, 0.3) is 0 Å². The zero-order valence-corrected chi connectivity index (χ0v) is 17.3. The van der Waals surface area contributed by atoms with Crippen molar-refractivity contribution in [2.75, 3.05) is 0 Å². The number of benzene rings is 2. The molecule has 3 aliphatic rings. The minimum absolute atomic E-state index is 0.0224. The van der Waals surface area contributed by atoms with Gasteiger partial charge in [0.2, 0.25) is 0 Å². The van der Waals surface area contributed by atoms with Crippen LogP contribution in [-0.4, -0.2) is 21.4 Å². The average molecular weight is 395 g/mol. The van der Waals surface area contributed by atoms with Gasteiger partial charge in [-0.3, -0.25) is 0 Å². The summed E-state index contributed by atoms with van der Waals surface area (Å²) in [4.78, 5) is 0. The summed E-state index contributed by atoms with van der Waals surface area (Å²) in [5, 5.41) is 28.0. The first-order chi connectivity index (χ1) is 14.2. The lowest BCUT2D eigenvalue weighted by atomic mass is 9.65. The molecular formula is C26H34O3. The fourth-order valence-electron chi connectivity index (χ4n) is 5.51. The van der Waals surface area contributed by atoms with Crippen molar-refractivity contribution >= 4 is 0 Å². The van der Waals surface area contributed by atoms with Crippen LogP contribution in [-0.2, 0) is 18.6 Å². The third-order valence-corrected chi connectivity index (χ3v) is 7.34. The second-order valence-corrected chi connectivity index (χ2v) is 9.16. The smallest absolute Gasteiger partial charge is 0.0681 e. The number of hydrogen-bond acceptors (Lipinski definition) is 3. The quantitative estimate of drug-likeness (QED) is 0.704. The fraction of sp³-hybridized carbons (Fsp3) is 0.538. The third kappa shape index (κ3) is 4.42. The molecular weight excluding hydrogens is 360 g/mol. The van der Waals surface area contributed by atoms with E-state index in [0.717, 1.165) is 42.2 Å². The molecule has 29 heavy (non-hydrogen) atoms. The molecule has 0 saturated heterocycles. The summed E-state index contributed by atoms with van der Waals surface area (Å²) in [6.07, 6.45) is 9.81. The van der Waals surface area contributed by atoms with Crippen molar-refractivity contribution < 1.29 is 15.3 Å². The topological polar surface area (TPSA) is 60.7 Å². The van der Waals surface area contributed by atoms with Crippen molar-refractivity contribution in [3.63, 3.8) is 0 Å². The van der Waals surface area contributed by atoms with Gasteiger partial charge in [0.1, 0.15) is 0 Å². The largest absolute Gasteiger partial charge is 0.393 e. The lowest BCUT2D eigenvalue weighted by Gasteiger charge is -2.39. The zero-order valence-electron chi connectivity index (χ0n) is 17.3. The number of aliphatic hydroxyl groups excluding tert-OH is 3. The molecule has 3 heteroatoms. The van der Waals surface area contributed by atoms with Crippen molar-refractivity contribution in [3.05, 3.63) is 70.8 Å². The summed E-state index contributed by atoms with van der Waals surface area (Å²) in [7, 11) is 0. The third-order valence-electron chi connectivity index (χ3n) is 7.34. The number of rotatable bonds is 4. The molecule has 3 fully saturated rings. The van der Waals surface area contributed by atoms with E-state index in [-0.39, 0.29) is 24.7 Å². The van der Waals surface area contributed by atoms with Gasteiger partial charge in [-0.2, -0.15) is 0 Å². The number of aliphatic hydroxyl groups is 3. The molecule has 3 N–H and O–H groups in total. The first-order valence-electron chi connectivity index (χ1n) is 11.2. The van der Waals surface area contributed by atoms with E-state index >= 15 is 0 Å². The van der Waals surface area contributed by atoms with Crippen LogP contribution in [0.1, 0.15) is 73.6 Å². The van der Waals surface area contributed by atoms with Gasteiger partial charge in [-0.1, -0.05) is 67.8 Å². The van der Waals surface area contributed by atoms with E-state index in [2.05, 4.69) is 24.3 Å². The Morgan fingerprint density at radius 1 is 0.793 bits per heavy atom. The molecule has 0 spiro atoms. The Labute approximate surface area is 174 Å². The summed E-state index contributed by atoms with van der Waals surface area (Å²) in [6.45, 7) is 0.168. The first-order valence-corrected chi connectivity index (χ1v) is 11.2. The lowest BCUT2D eigenvalue weighted by molar-refractivity contribution is 0.159. The SMILES string of the molecule is OC1CCC2CC12.OCc1cccc(C2(c3cccc(CO)c3)CCCCC2)c1. The predicted octanol–water partition coefficient (Wildman–Crippen LogP) is 4.70. The van der Waals surface area contributed by atoms with E-state index in [1.807, 2.05) is 24.3 Å². The van der Waals surface area contributed by atoms with Crippen LogP contribution in [0, 0.1) is 11.8 Å². The van der Waals surface area contributed by atoms with Gasteiger partial charge in [-0.25, -0.2) is 0 Å². The number of hydrogen-bond donors (Lipinski definition) is 3. The molecule has 2 aromatic rings. The van der Waals surface area contributed by atoms with Gasteiger partial charge in [0, 0.05) is 5.41 Å². The molecule has 3 aliphatic carbocycles. The standard InChI is InChI=1S/C20H24O2.C6H10O/c21-14-16-6-4-8-18(12-16)20(10-2-1-3-11-20)19-9-5-7-17(13-19)15-22;7-6-2-1-4-3-5(4)6/h4-9,12-13,21-22H,1-3,10-11,14-15H2;4-7H,1-3H2. The van der Waals surface area contributed by atoms with Crippen LogP contribution in [0.15, 0.2) is 48.5 Å². The van der Waals surface area contributed by atoms with Gasteiger partial charge in [-0.05, 0) is 66.2 Å². The van der Waals surface area contributed by atoms with Crippen LogP contribution < -0.4 is 0 Å². The second-order valence-electron chi connectivity index (χ2n) is 9.16. The molecule has 3 nitrogen and oxygen atoms in total. The van der Waals surface area contributed by atoms with E-state index in [1.54, 1.807) is 0 Å². The Balaban J connectivity index is 0.000000243. The van der Waals surface area contributed by atoms with Crippen molar-refractivity contribution in [2.45, 2.75) is 76.1 Å². The molecule has 0 heterocycles. The van der Waals surface area contributed by atoms with Gasteiger partial charge in [0.05, 0.1) is 19.3 Å². The van der Waals surface area contributed by atoms with Gasteiger partial charge < -0.3 is 15.3 Å². The van der Waals surface area contributed by atoms with Crippen LogP contribution in [0.25, 0.3) is 0 Å². The Morgan fingerprint density at radius 3 is 1.76 bits per heavy atom. The molecule has 0 aromatic heterocycles. The predicted molar refractivity (Wildman–Crippen MR) is 115 cm³/mol. The Kier molecular flexibility index (Phi) is 6.38. The summed E-state index contributed by atoms with van der Waals surface area (Å²) < 4.78 is 0. The molecule has 0 radical (unpaired) electrons. The van der Waals surface area contributed by atoms with Crippen LogP contribution in [0.3, 0.4) is 0 Å². The van der Waals surface area contributed by atoms with Crippen molar-refractivity contribution in [3.8, 4) is 0 Å². The van der Waals surface area contributed by atoms with Gasteiger partial charge in [-0.15, -0.1) is 0 Å². The highest BCUT2D eigenvalue weighted by Gasteiger charge is 2.47. The molecule has 3 atom stereocenters. The van der Waals surface area contributed by atoms with E-state index in [1.165, 1.54) is 43.2 Å². The molecule has 0 bridgehead atoms. The summed E-state index contributed by atoms with van der Waals surface area (Å²) in [6, 6.07) is 16.7. The summed E-state index contributed by atoms with van der Waals surface area (Å²) in [5.41, 5.74) is 4.57. The Hall–Kier alpha value is -1.68. The lowest BCUT2D eigenvalue weighted by Crippen LogP contribution is -2.30. The molecule has 3 unspecified atom stereocenters. The maximum Gasteiger partial charge on any atom is 0.0681 e. The van der Waals surface area contributed by atoms with Gasteiger partial charge in [0.15, 0.2) is 0 Å². The van der Waals surface area contributed by atoms with E-state index in [9.17, 15) is 10.2 Å². The maximum atomic E-state index is 9.46. The molecule has 0 amide bonds. The van der Waals surface area contributed by atoms with E-state index in [0.29, 0.717) is 0 Å². The normalized spacial score (nSPS) is 26.9. The molecule has 156 valence electrons. The Bertz CT molecular complexity index is 760. The number of fused-ring (bicyclic) bond motifs is 1. The highest BCUT2D eigenvalue weighted by molar-refractivity contribution is 5.42. The highest BCUT2D eigenvalue weighted by Crippen LogP contribution is 2.51. The monoisotopic (exact) mass is 394 g/mol. The van der Waals surface area contributed by atoms with Crippen molar-refractivity contribution in [1.82, 2.24) is 0 Å². The highest BCUT2D eigenvalue weighted by atomic mass is 16.3. The van der Waals surface area contributed by atoms with Crippen LogP contribution in [0.5, 0.6) is 0 Å². The van der Waals surface area contributed by atoms with Crippen LogP contribution >= 0.6 is 0 Å². The second kappa shape index (κ2) is 8.99. The van der Waals surface area contributed by atoms with E-state index < -0.39 is 0 Å². The van der Waals surface area contributed by atoms with Crippen LogP contribution in [0.2, 0.25) is 0 Å².